The monoisotopic (exact) mass is 652 g/mol. The van der Waals surface area contributed by atoms with Crippen molar-refractivity contribution < 1.29 is 13.2 Å². The standard InChI is InChI=1S/C37H44N6O3S/c1-27-14-16-29(17-15-27)39-37(44)42(30-10-5-3-6-11-30)22-9-21-41-31-18-19-32(41)25-33(24-31)43-28(2)38-35-26-40(23-20-36(35)43)47(45,46)34-12-7-4-8-13-34/h3-8,10-17,31-33H,9,18-26H2,1-2H3,(H,39,44). The Hall–Kier alpha value is -3.99. The molecule has 2 saturated heterocycles. The molecule has 2 atom stereocenters. The maximum absolute atomic E-state index is 13.4. The van der Waals surface area contributed by atoms with E-state index in [1.54, 1.807) is 28.6 Å². The molecular formula is C37H44N6O3S. The third-order valence-corrected chi connectivity index (χ3v) is 12.1. The lowest BCUT2D eigenvalue weighted by Crippen LogP contribution is -2.45. The molecule has 0 aliphatic carbocycles. The van der Waals surface area contributed by atoms with Crippen LogP contribution < -0.4 is 10.2 Å². The van der Waals surface area contributed by atoms with Gasteiger partial charge in [0.2, 0.25) is 10.0 Å². The van der Waals surface area contributed by atoms with Crippen LogP contribution in [0.5, 0.6) is 0 Å². The first kappa shape index (κ1) is 31.6. The Bertz CT molecular complexity index is 1800. The van der Waals surface area contributed by atoms with Crippen molar-refractivity contribution in [1.29, 1.82) is 0 Å². The minimum absolute atomic E-state index is 0.114. The second-order valence-electron chi connectivity index (χ2n) is 13.2. The molecule has 3 aliphatic rings. The number of carbonyl (C=O) groups is 1. The van der Waals surface area contributed by atoms with Gasteiger partial charge in [-0.1, -0.05) is 54.1 Å². The van der Waals surface area contributed by atoms with Crippen molar-refractivity contribution in [1.82, 2.24) is 18.8 Å². The van der Waals surface area contributed by atoms with Crippen LogP contribution in [0.15, 0.2) is 89.8 Å². The van der Waals surface area contributed by atoms with E-state index in [2.05, 4.69) is 21.7 Å². The third-order valence-electron chi connectivity index (χ3n) is 10.2. The lowest BCUT2D eigenvalue weighted by Gasteiger charge is -2.41. The van der Waals surface area contributed by atoms with Gasteiger partial charge in [-0.15, -0.1) is 0 Å². The molecule has 2 fully saturated rings. The number of nitrogens with zero attached hydrogens (tertiary/aromatic N) is 5. The highest BCUT2D eigenvalue weighted by Gasteiger charge is 2.42. The number of nitrogens with one attached hydrogen (secondary N) is 1. The van der Waals surface area contributed by atoms with Crippen molar-refractivity contribution in [3.05, 3.63) is 108 Å². The fraction of sp³-hybridized carbons (Fsp3) is 0.405. The number of fused-ring (bicyclic) bond motifs is 3. The van der Waals surface area contributed by atoms with Crippen molar-refractivity contribution in [2.75, 3.05) is 29.9 Å². The fourth-order valence-corrected chi connectivity index (χ4v) is 9.39. The van der Waals surface area contributed by atoms with E-state index in [0.29, 0.717) is 49.1 Å². The number of urea groups is 1. The van der Waals surface area contributed by atoms with Gasteiger partial charge in [-0.3, -0.25) is 9.80 Å². The predicted molar refractivity (Wildman–Crippen MR) is 185 cm³/mol. The fourth-order valence-electron chi connectivity index (χ4n) is 7.96. The maximum atomic E-state index is 13.4. The second kappa shape index (κ2) is 13.3. The zero-order valence-electron chi connectivity index (χ0n) is 27.3. The van der Waals surface area contributed by atoms with E-state index in [1.807, 2.05) is 72.5 Å². The van der Waals surface area contributed by atoms with Gasteiger partial charge in [-0.25, -0.2) is 18.2 Å². The second-order valence-corrected chi connectivity index (χ2v) is 15.1. The van der Waals surface area contributed by atoms with Gasteiger partial charge in [0, 0.05) is 61.2 Å². The van der Waals surface area contributed by atoms with Crippen molar-refractivity contribution in [3.63, 3.8) is 0 Å². The molecule has 7 rings (SSSR count). The lowest BCUT2D eigenvalue weighted by molar-refractivity contribution is 0.104. The van der Waals surface area contributed by atoms with Gasteiger partial charge in [-0.05, 0) is 82.3 Å². The molecule has 0 spiro atoms. The Kier molecular flexibility index (Phi) is 8.91. The summed E-state index contributed by atoms with van der Waals surface area (Å²) in [5, 5.41) is 3.09. The predicted octanol–water partition coefficient (Wildman–Crippen LogP) is 6.54. The number of piperidine rings is 1. The number of anilines is 2. The van der Waals surface area contributed by atoms with Crippen molar-refractivity contribution in [2.24, 2.45) is 0 Å². The van der Waals surface area contributed by atoms with Crippen LogP contribution in [0.4, 0.5) is 16.2 Å². The number of rotatable bonds is 9. The zero-order chi connectivity index (χ0) is 32.5. The SMILES string of the molecule is Cc1ccc(NC(=O)N(CCCN2C3CCC2CC(n2c(C)nc4c2CCN(S(=O)(=O)c2ccccc2)C4)C3)c2ccccc2)cc1. The minimum atomic E-state index is -3.56. The van der Waals surface area contributed by atoms with Gasteiger partial charge in [0.05, 0.1) is 17.1 Å². The summed E-state index contributed by atoms with van der Waals surface area (Å²) in [4.78, 5) is 23.2. The summed E-state index contributed by atoms with van der Waals surface area (Å²) in [7, 11) is -3.56. The first-order valence-corrected chi connectivity index (χ1v) is 18.3. The molecule has 10 heteroatoms. The largest absolute Gasteiger partial charge is 0.329 e. The summed E-state index contributed by atoms with van der Waals surface area (Å²) in [6.45, 7) is 6.49. The number of amides is 2. The smallest absolute Gasteiger partial charge is 0.326 e. The molecule has 0 radical (unpaired) electrons. The normalized spacial score (nSPS) is 21.4. The van der Waals surface area contributed by atoms with Crippen LogP contribution >= 0.6 is 0 Å². The molecule has 1 N–H and O–H groups in total. The number of carbonyl (C=O) groups excluding carboxylic acids is 1. The number of aryl methyl sites for hydroxylation is 2. The van der Waals surface area contributed by atoms with Crippen LogP contribution in [0.25, 0.3) is 0 Å². The molecule has 2 unspecified atom stereocenters. The van der Waals surface area contributed by atoms with Crippen LogP contribution in [-0.2, 0) is 23.0 Å². The van der Waals surface area contributed by atoms with E-state index in [9.17, 15) is 13.2 Å². The average molecular weight is 653 g/mol. The molecule has 9 nitrogen and oxygen atoms in total. The highest BCUT2D eigenvalue weighted by molar-refractivity contribution is 7.89. The molecule has 246 valence electrons. The Labute approximate surface area is 278 Å². The topological polar surface area (TPSA) is 90.8 Å². The number of sulfonamides is 1. The molecule has 47 heavy (non-hydrogen) atoms. The zero-order valence-corrected chi connectivity index (χ0v) is 28.1. The van der Waals surface area contributed by atoms with E-state index in [-0.39, 0.29) is 6.03 Å². The molecule has 4 aromatic rings. The molecule has 2 bridgehead atoms. The molecule has 3 aliphatic heterocycles. The first-order chi connectivity index (χ1) is 22.8. The van der Waals surface area contributed by atoms with E-state index in [4.69, 9.17) is 4.98 Å². The number of aromatic nitrogens is 2. The van der Waals surface area contributed by atoms with E-state index >= 15 is 0 Å². The van der Waals surface area contributed by atoms with Crippen molar-refractivity contribution in [3.8, 4) is 0 Å². The average Bonchev–Trinajstić information content (AvgIpc) is 3.54. The summed E-state index contributed by atoms with van der Waals surface area (Å²) in [6, 6.07) is 27.8. The lowest BCUT2D eigenvalue weighted by atomic mass is 9.96. The highest BCUT2D eigenvalue weighted by Crippen LogP contribution is 2.42. The third kappa shape index (κ3) is 6.46. The van der Waals surface area contributed by atoms with Crippen molar-refractivity contribution >= 4 is 27.4 Å². The number of benzene rings is 3. The molecule has 3 aromatic carbocycles. The summed E-state index contributed by atoms with van der Waals surface area (Å²) >= 11 is 0. The summed E-state index contributed by atoms with van der Waals surface area (Å²) in [5.41, 5.74) is 4.95. The van der Waals surface area contributed by atoms with Crippen LogP contribution in [0.2, 0.25) is 0 Å². The maximum Gasteiger partial charge on any atom is 0.326 e. The van der Waals surface area contributed by atoms with E-state index in [0.717, 1.165) is 54.3 Å². The van der Waals surface area contributed by atoms with Crippen LogP contribution in [0.3, 0.4) is 0 Å². The Morgan fingerprint density at radius 3 is 2.23 bits per heavy atom. The Morgan fingerprint density at radius 1 is 0.894 bits per heavy atom. The van der Waals surface area contributed by atoms with Crippen molar-refractivity contribution in [2.45, 2.75) is 81.9 Å². The minimum Gasteiger partial charge on any atom is -0.329 e. The van der Waals surface area contributed by atoms with E-state index in [1.165, 1.54) is 18.5 Å². The summed E-state index contributed by atoms with van der Waals surface area (Å²) in [5.74, 6) is 0.991. The number of imidazole rings is 1. The molecular weight excluding hydrogens is 609 g/mol. The molecule has 0 saturated carbocycles. The number of para-hydroxylation sites is 1. The number of hydrogen-bond donors (Lipinski definition) is 1. The molecule has 1 aromatic heterocycles. The Morgan fingerprint density at radius 2 is 1.55 bits per heavy atom. The summed E-state index contributed by atoms with van der Waals surface area (Å²) in [6.07, 6.45) is 6.09. The van der Waals surface area contributed by atoms with E-state index < -0.39 is 10.0 Å². The van der Waals surface area contributed by atoms with Gasteiger partial charge < -0.3 is 9.88 Å². The van der Waals surface area contributed by atoms with Crippen LogP contribution in [-0.4, -0.2) is 64.9 Å². The molecule has 4 heterocycles. The van der Waals surface area contributed by atoms with Crippen LogP contribution in [0.1, 0.15) is 60.9 Å². The molecule has 2 amide bonds. The van der Waals surface area contributed by atoms with Gasteiger partial charge in [0.15, 0.2) is 0 Å². The van der Waals surface area contributed by atoms with Gasteiger partial charge in [0.25, 0.3) is 0 Å². The van der Waals surface area contributed by atoms with Crippen LogP contribution in [0, 0.1) is 13.8 Å². The van der Waals surface area contributed by atoms with Gasteiger partial charge in [0.1, 0.15) is 5.82 Å². The summed E-state index contributed by atoms with van der Waals surface area (Å²) < 4.78 is 30.7. The number of hydrogen-bond acceptors (Lipinski definition) is 5. The first-order valence-electron chi connectivity index (χ1n) is 16.9. The Balaban J connectivity index is 0.997. The highest BCUT2D eigenvalue weighted by atomic mass is 32.2. The van der Waals surface area contributed by atoms with Gasteiger partial charge in [-0.2, -0.15) is 4.31 Å². The quantitative estimate of drug-likeness (QED) is 0.222. The van der Waals surface area contributed by atoms with Gasteiger partial charge >= 0.3 is 6.03 Å².